The molecule has 4 rings (SSSR count). The number of alkyl halides is 3. The molecule has 3 aromatic rings. The Bertz CT molecular complexity index is 1030. The molecule has 3 heterocycles. The lowest BCUT2D eigenvalue weighted by Crippen LogP contribution is -2.38. The van der Waals surface area contributed by atoms with Gasteiger partial charge in [0.05, 0.1) is 5.52 Å². The number of hydrogen-bond acceptors (Lipinski definition) is 4. The molecule has 9 heteroatoms. The van der Waals surface area contributed by atoms with Gasteiger partial charge in [-0.05, 0) is 61.7 Å². The summed E-state index contributed by atoms with van der Waals surface area (Å²) >= 11 is 0. The van der Waals surface area contributed by atoms with Gasteiger partial charge in [-0.15, -0.1) is 12.4 Å². The number of halogens is 5. The summed E-state index contributed by atoms with van der Waals surface area (Å²) < 4.78 is 52.0. The molecule has 0 saturated carbocycles. The number of piperidine rings is 1. The third kappa shape index (κ3) is 5.66. The second kappa shape index (κ2) is 10.0. The van der Waals surface area contributed by atoms with Gasteiger partial charge < -0.3 is 9.80 Å². The summed E-state index contributed by atoms with van der Waals surface area (Å²) in [6.07, 6.45) is -0.997. The fraction of sp³-hybridized carbons (Fsp3) is 0.391. The van der Waals surface area contributed by atoms with Crippen LogP contribution in [0.1, 0.15) is 24.1 Å². The van der Waals surface area contributed by atoms with Crippen LogP contribution < -0.4 is 4.90 Å². The zero-order valence-corrected chi connectivity index (χ0v) is 18.5. The van der Waals surface area contributed by atoms with E-state index in [9.17, 15) is 17.6 Å². The molecule has 32 heavy (non-hydrogen) atoms. The molecular weight excluding hydrogens is 444 g/mol. The van der Waals surface area contributed by atoms with Crippen LogP contribution in [0.4, 0.5) is 23.4 Å². The molecule has 0 amide bonds. The Morgan fingerprint density at radius 1 is 1.03 bits per heavy atom. The first-order chi connectivity index (χ1) is 14.8. The van der Waals surface area contributed by atoms with Crippen LogP contribution in [0.5, 0.6) is 0 Å². The summed E-state index contributed by atoms with van der Waals surface area (Å²) in [6.45, 7) is 3.29. The highest BCUT2D eigenvalue weighted by molar-refractivity contribution is 5.89. The molecule has 0 radical (unpaired) electrons. The number of pyridine rings is 2. The average Bonchev–Trinajstić information content (AvgIpc) is 2.74. The molecule has 1 aromatic carbocycles. The van der Waals surface area contributed by atoms with Crippen molar-refractivity contribution in [1.29, 1.82) is 0 Å². The summed E-state index contributed by atoms with van der Waals surface area (Å²) in [5.41, 5.74) is 0.494. The largest absolute Gasteiger partial charge is 0.433 e. The lowest BCUT2D eigenvalue weighted by molar-refractivity contribution is -0.140. The van der Waals surface area contributed by atoms with E-state index in [1.807, 2.05) is 0 Å². The van der Waals surface area contributed by atoms with Crippen molar-refractivity contribution in [3.8, 4) is 0 Å². The SMILES string of the molecule is CN(Cc1ccc(F)cc1)CC1CCN(c2nccc3nc(C(F)(F)F)ccc23)CC1.Cl. The van der Waals surface area contributed by atoms with Gasteiger partial charge in [0.25, 0.3) is 0 Å². The predicted octanol–water partition coefficient (Wildman–Crippen LogP) is 5.56. The number of benzene rings is 1. The number of anilines is 1. The third-order valence-electron chi connectivity index (χ3n) is 5.73. The van der Waals surface area contributed by atoms with Crippen LogP contribution in [0, 0.1) is 11.7 Å². The van der Waals surface area contributed by atoms with Crippen molar-refractivity contribution >= 4 is 29.1 Å². The highest BCUT2D eigenvalue weighted by Gasteiger charge is 2.33. The first kappa shape index (κ1) is 24.2. The molecule has 0 spiro atoms. The standard InChI is InChI=1S/C23H24F4N4.ClH/c1-30(14-16-2-4-18(24)5-3-16)15-17-9-12-31(13-10-17)22-19-6-7-21(23(25,26)27)29-20(19)8-11-28-22;/h2-8,11,17H,9-10,12-15H2,1H3;1H. The van der Waals surface area contributed by atoms with E-state index in [0.717, 1.165) is 50.7 Å². The number of aromatic nitrogens is 2. The highest BCUT2D eigenvalue weighted by Crippen LogP contribution is 2.32. The minimum atomic E-state index is -4.46. The van der Waals surface area contributed by atoms with Crippen molar-refractivity contribution in [1.82, 2.24) is 14.9 Å². The molecule has 2 aromatic heterocycles. The summed E-state index contributed by atoms with van der Waals surface area (Å²) in [4.78, 5) is 12.6. The average molecular weight is 469 g/mol. The summed E-state index contributed by atoms with van der Waals surface area (Å²) in [5, 5.41) is 0.641. The molecule has 172 valence electrons. The van der Waals surface area contributed by atoms with Gasteiger partial charge in [-0.2, -0.15) is 13.2 Å². The second-order valence-electron chi connectivity index (χ2n) is 8.15. The minimum Gasteiger partial charge on any atom is -0.356 e. The Labute approximate surface area is 190 Å². The molecule has 0 aliphatic carbocycles. The fourth-order valence-electron chi connectivity index (χ4n) is 4.18. The van der Waals surface area contributed by atoms with Gasteiger partial charge in [0.2, 0.25) is 0 Å². The van der Waals surface area contributed by atoms with E-state index in [1.54, 1.807) is 12.1 Å². The predicted molar refractivity (Wildman–Crippen MR) is 119 cm³/mol. The maximum atomic E-state index is 13.1. The Morgan fingerprint density at radius 3 is 2.38 bits per heavy atom. The van der Waals surface area contributed by atoms with Gasteiger partial charge in [0.1, 0.15) is 17.3 Å². The fourth-order valence-corrected chi connectivity index (χ4v) is 4.18. The molecule has 0 N–H and O–H groups in total. The van der Waals surface area contributed by atoms with E-state index in [-0.39, 0.29) is 18.2 Å². The van der Waals surface area contributed by atoms with E-state index in [1.165, 1.54) is 30.5 Å². The van der Waals surface area contributed by atoms with Crippen LogP contribution in [-0.2, 0) is 12.7 Å². The molecule has 1 saturated heterocycles. The van der Waals surface area contributed by atoms with Gasteiger partial charge in [0.15, 0.2) is 0 Å². The first-order valence-corrected chi connectivity index (χ1v) is 10.3. The highest BCUT2D eigenvalue weighted by atomic mass is 35.5. The lowest BCUT2D eigenvalue weighted by atomic mass is 9.96. The van der Waals surface area contributed by atoms with Crippen LogP contribution >= 0.6 is 12.4 Å². The monoisotopic (exact) mass is 468 g/mol. The molecule has 0 unspecified atom stereocenters. The zero-order valence-electron chi connectivity index (χ0n) is 17.6. The van der Waals surface area contributed by atoms with Crippen LogP contribution in [0.25, 0.3) is 10.9 Å². The Kier molecular flexibility index (Phi) is 7.56. The van der Waals surface area contributed by atoms with Crippen LogP contribution in [0.2, 0.25) is 0 Å². The molecule has 0 bridgehead atoms. The van der Waals surface area contributed by atoms with E-state index in [0.29, 0.717) is 22.6 Å². The lowest BCUT2D eigenvalue weighted by Gasteiger charge is -2.35. The number of fused-ring (bicyclic) bond motifs is 1. The smallest absolute Gasteiger partial charge is 0.356 e. The molecule has 1 aliphatic heterocycles. The minimum absolute atomic E-state index is 0. The van der Waals surface area contributed by atoms with Gasteiger partial charge in [-0.25, -0.2) is 14.4 Å². The molecule has 4 nitrogen and oxygen atoms in total. The molecule has 0 atom stereocenters. The van der Waals surface area contributed by atoms with Crippen molar-refractivity contribution in [2.24, 2.45) is 5.92 Å². The topological polar surface area (TPSA) is 32.3 Å². The van der Waals surface area contributed by atoms with E-state index in [4.69, 9.17) is 0 Å². The number of rotatable bonds is 5. The maximum Gasteiger partial charge on any atom is 0.433 e. The van der Waals surface area contributed by atoms with Gasteiger partial charge in [-0.3, -0.25) is 0 Å². The third-order valence-corrected chi connectivity index (χ3v) is 5.73. The first-order valence-electron chi connectivity index (χ1n) is 10.3. The van der Waals surface area contributed by atoms with Gasteiger partial charge in [-0.1, -0.05) is 12.1 Å². The van der Waals surface area contributed by atoms with Crippen LogP contribution in [0.3, 0.4) is 0 Å². The summed E-state index contributed by atoms with van der Waals surface area (Å²) in [7, 11) is 2.06. The van der Waals surface area contributed by atoms with Gasteiger partial charge in [0, 0.05) is 37.8 Å². The van der Waals surface area contributed by atoms with Crippen LogP contribution in [0.15, 0.2) is 48.7 Å². The van der Waals surface area contributed by atoms with E-state index in [2.05, 4.69) is 26.8 Å². The Hall–Kier alpha value is -2.45. The van der Waals surface area contributed by atoms with Crippen molar-refractivity contribution in [3.63, 3.8) is 0 Å². The van der Waals surface area contributed by atoms with Crippen molar-refractivity contribution in [2.75, 3.05) is 31.6 Å². The zero-order chi connectivity index (χ0) is 22.0. The Balaban J connectivity index is 0.00000289. The quantitative estimate of drug-likeness (QED) is 0.459. The molecule has 1 aliphatic rings. The van der Waals surface area contributed by atoms with E-state index >= 15 is 0 Å². The van der Waals surface area contributed by atoms with E-state index < -0.39 is 11.9 Å². The number of hydrogen-bond donors (Lipinski definition) is 0. The van der Waals surface area contributed by atoms with Crippen LogP contribution in [-0.4, -0.2) is 41.5 Å². The normalized spacial score (nSPS) is 15.2. The van der Waals surface area contributed by atoms with Crippen molar-refractivity contribution in [2.45, 2.75) is 25.6 Å². The Morgan fingerprint density at radius 2 is 1.72 bits per heavy atom. The van der Waals surface area contributed by atoms with Crippen molar-refractivity contribution < 1.29 is 17.6 Å². The van der Waals surface area contributed by atoms with Gasteiger partial charge >= 0.3 is 6.18 Å². The second-order valence-corrected chi connectivity index (χ2v) is 8.15. The summed E-state index contributed by atoms with van der Waals surface area (Å²) in [6, 6.07) is 10.6. The molecule has 1 fully saturated rings. The molecular formula is C23H25ClF4N4. The van der Waals surface area contributed by atoms with Crippen molar-refractivity contribution in [3.05, 3.63) is 65.7 Å². The summed E-state index contributed by atoms with van der Waals surface area (Å²) in [5.74, 6) is 0.981. The number of nitrogens with zero attached hydrogens (tertiary/aromatic N) is 4. The maximum absolute atomic E-state index is 13.1.